The van der Waals surface area contributed by atoms with Crippen molar-refractivity contribution in [2.75, 3.05) is 14.1 Å². The average molecular weight is 396 g/mol. The van der Waals surface area contributed by atoms with Crippen LogP contribution in [0.4, 0.5) is 0 Å². The zero-order valence-electron chi connectivity index (χ0n) is 15.6. The Morgan fingerprint density at radius 2 is 1.69 bits per heavy atom. The highest BCUT2D eigenvalue weighted by atomic mass is 32.1. The first kappa shape index (κ1) is 20.8. The van der Waals surface area contributed by atoms with E-state index in [4.69, 9.17) is 24.4 Å². The number of pyridine rings is 1. The fraction of sp³-hybridized carbons (Fsp3) is 0.588. The van der Waals surface area contributed by atoms with E-state index in [1.807, 2.05) is 18.5 Å². The van der Waals surface area contributed by atoms with Crippen molar-refractivity contribution in [1.82, 2.24) is 37.3 Å². The van der Waals surface area contributed by atoms with Crippen molar-refractivity contribution >= 4 is 34.7 Å². The Morgan fingerprint density at radius 3 is 2.23 bits per heavy atom. The third-order valence-corrected chi connectivity index (χ3v) is 5.65. The topological polar surface area (TPSA) is 85.1 Å². The van der Waals surface area contributed by atoms with Crippen LogP contribution in [-0.4, -0.2) is 41.4 Å². The normalized spacial score (nSPS) is 17.8. The van der Waals surface area contributed by atoms with Gasteiger partial charge in [-0.15, -0.1) is 0 Å². The molecule has 0 bridgehead atoms. The highest BCUT2D eigenvalue weighted by molar-refractivity contribution is 7.80. The van der Waals surface area contributed by atoms with E-state index in [2.05, 4.69) is 50.3 Å². The van der Waals surface area contributed by atoms with E-state index in [1.165, 1.54) is 18.4 Å². The van der Waals surface area contributed by atoms with Crippen molar-refractivity contribution < 1.29 is 0 Å². The van der Waals surface area contributed by atoms with Gasteiger partial charge in [-0.05, 0) is 55.8 Å². The highest BCUT2D eigenvalue weighted by Crippen LogP contribution is 2.44. The van der Waals surface area contributed by atoms with Gasteiger partial charge in [-0.25, -0.2) is 10.9 Å². The lowest BCUT2D eigenvalue weighted by Crippen LogP contribution is -2.64. The first-order chi connectivity index (χ1) is 12.5. The second-order valence-electron chi connectivity index (χ2n) is 6.57. The molecule has 0 amide bonds. The first-order valence-electron chi connectivity index (χ1n) is 8.90. The van der Waals surface area contributed by atoms with Crippen LogP contribution >= 0.6 is 24.4 Å². The van der Waals surface area contributed by atoms with Crippen LogP contribution in [-0.2, 0) is 5.41 Å². The highest BCUT2D eigenvalue weighted by Gasteiger charge is 2.45. The molecule has 1 saturated carbocycles. The Kier molecular flexibility index (Phi) is 7.95. The summed E-state index contributed by atoms with van der Waals surface area (Å²) in [5.41, 5.74) is 14.1. The van der Waals surface area contributed by atoms with Crippen LogP contribution in [0.5, 0.6) is 0 Å². The third kappa shape index (κ3) is 5.00. The van der Waals surface area contributed by atoms with Crippen LogP contribution in [0.3, 0.4) is 0 Å². The fourth-order valence-corrected chi connectivity index (χ4v) is 3.83. The molecule has 1 aliphatic carbocycles. The molecule has 1 heterocycles. The van der Waals surface area contributed by atoms with E-state index in [-0.39, 0.29) is 17.5 Å². The Labute approximate surface area is 166 Å². The summed E-state index contributed by atoms with van der Waals surface area (Å²) in [6.07, 6.45) is 8.36. The van der Waals surface area contributed by atoms with Gasteiger partial charge in [0.05, 0.1) is 6.04 Å². The second kappa shape index (κ2) is 9.96. The summed E-state index contributed by atoms with van der Waals surface area (Å²) in [4.78, 5) is 4.36. The molecule has 9 heteroatoms. The first-order valence-corrected chi connectivity index (χ1v) is 9.72. The lowest BCUT2D eigenvalue weighted by Gasteiger charge is -2.42. The van der Waals surface area contributed by atoms with Crippen LogP contribution in [0, 0.1) is 0 Å². The van der Waals surface area contributed by atoms with E-state index in [0.717, 1.165) is 12.8 Å². The fourth-order valence-electron chi connectivity index (χ4n) is 3.72. The molecule has 7 nitrogen and oxygen atoms in total. The molecule has 2 rings (SSSR count). The van der Waals surface area contributed by atoms with Crippen molar-refractivity contribution in [2.45, 2.75) is 50.1 Å². The smallest absolute Gasteiger partial charge is 0.180 e. The van der Waals surface area contributed by atoms with Gasteiger partial charge < -0.3 is 10.6 Å². The molecular weight excluding hydrogens is 366 g/mol. The van der Waals surface area contributed by atoms with Crippen LogP contribution < -0.4 is 32.3 Å². The maximum absolute atomic E-state index is 5.25. The van der Waals surface area contributed by atoms with Gasteiger partial charge in [0.2, 0.25) is 0 Å². The van der Waals surface area contributed by atoms with Crippen molar-refractivity contribution in [3.05, 3.63) is 30.1 Å². The summed E-state index contributed by atoms with van der Waals surface area (Å²) in [5, 5.41) is 6.96. The van der Waals surface area contributed by atoms with Crippen LogP contribution in [0.15, 0.2) is 24.5 Å². The van der Waals surface area contributed by atoms with Crippen LogP contribution in [0.1, 0.15) is 38.2 Å². The van der Waals surface area contributed by atoms with Gasteiger partial charge in [0, 0.05) is 37.9 Å². The third-order valence-electron chi connectivity index (χ3n) is 5.04. The van der Waals surface area contributed by atoms with E-state index >= 15 is 0 Å². The quantitative estimate of drug-likeness (QED) is 0.297. The molecule has 144 valence electrons. The van der Waals surface area contributed by atoms with E-state index in [0.29, 0.717) is 10.2 Å². The van der Waals surface area contributed by atoms with Gasteiger partial charge in [-0.1, -0.05) is 18.9 Å². The molecule has 1 aliphatic rings. The number of nitrogens with one attached hydrogen (secondary N) is 6. The van der Waals surface area contributed by atoms with Gasteiger partial charge >= 0.3 is 0 Å². The molecule has 0 radical (unpaired) electrons. The molecule has 0 aromatic carbocycles. The largest absolute Gasteiger partial charge is 0.365 e. The molecule has 2 atom stereocenters. The summed E-state index contributed by atoms with van der Waals surface area (Å²) < 4.78 is 0. The zero-order valence-corrected chi connectivity index (χ0v) is 17.2. The van der Waals surface area contributed by atoms with Crippen LogP contribution in [0.2, 0.25) is 0 Å². The summed E-state index contributed by atoms with van der Waals surface area (Å²) in [6, 6.07) is 4.30. The molecule has 1 fully saturated rings. The lowest BCUT2D eigenvalue weighted by atomic mass is 9.71. The molecule has 1 aromatic heterocycles. The van der Waals surface area contributed by atoms with E-state index in [1.54, 1.807) is 14.1 Å². The number of nitrogens with zero attached hydrogens (tertiary/aromatic N) is 1. The van der Waals surface area contributed by atoms with E-state index < -0.39 is 0 Å². The van der Waals surface area contributed by atoms with E-state index in [9.17, 15) is 0 Å². The average Bonchev–Trinajstić information content (AvgIpc) is 3.17. The maximum Gasteiger partial charge on any atom is 0.180 e. The molecule has 2 unspecified atom stereocenters. The lowest BCUT2D eigenvalue weighted by molar-refractivity contribution is 0.227. The molecule has 26 heavy (non-hydrogen) atoms. The van der Waals surface area contributed by atoms with Gasteiger partial charge in [0.25, 0.3) is 0 Å². The monoisotopic (exact) mass is 395 g/mol. The summed E-state index contributed by atoms with van der Waals surface area (Å²) in [7, 11) is 3.59. The molecular formula is C17H29N7S2. The minimum Gasteiger partial charge on any atom is -0.365 e. The summed E-state index contributed by atoms with van der Waals surface area (Å²) in [5.74, 6) is 0. The molecule has 1 aromatic rings. The number of hydrogen-bond acceptors (Lipinski definition) is 5. The zero-order chi connectivity index (χ0) is 19.0. The summed E-state index contributed by atoms with van der Waals surface area (Å²) >= 11 is 10.4. The standard InChI is InChI=1S/C17H29N7S2/c1-12(21-23-15(25)18-2)14(22-24-16(26)19-3)17(8-4-5-9-17)13-7-6-10-20-11-13/h6-7,10-12,14,21-22H,4-5,8-9H2,1-3H3,(H2,18,23,25)(H2,19,24,26). The number of rotatable bonds is 7. The Morgan fingerprint density at radius 1 is 1.08 bits per heavy atom. The van der Waals surface area contributed by atoms with Crippen LogP contribution in [0.25, 0.3) is 0 Å². The number of hydrazine groups is 2. The van der Waals surface area contributed by atoms with Gasteiger partial charge in [-0.2, -0.15) is 0 Å². The molecule has 0 aliphatic heterocycles. The minimum absolute atomic E-state index is 0.0417. The van der Waals surface area contributed by atoms with Gasteiger partial charge in [0.1, 0.15) is 0 Å². The molecule has 0 spiro atoms. The number of hydrogen-bond donors (Lipinski definition) is 6. The molecule has 6 N–H and O–H groups in total. The Bertz CT molecular complexity index is 590. The van der Waals surface area contributed by atoms with Gasteiger partial charge in [-0.3, -0.25) is 15.8 Å². The van der Waals surface area contributed by atoms with Gasteiger partial charge in [0.15, 0.2) is 10.2 Å². The predicted molar refractivity (Wildman–Crippen MR) is 113 cm³/mol. The SMILES string of the molecule is CNC(=S)NNC(C)C(NNC(=S)NC)C1(c2cccnc2)CCCC1. The Hall–Kier alpha value is -1.55. The van der Waals surface area contributed by atoms with Crippen molar-refractivity contribution in [1.29, 1.82) is 0 Å². The minimum atomic E-state index is -0.0417. The van der Waals surface area contributed by atoms with Crippen molar-refractivity contribution in [3.8, 4) is 0 Å². The predicted octanol–water partition coefficient (Wildman–Crippen LogP) is 0.848. The number of thiocarbonyl (C=S) groups is 2. The molecule has 0 saturated heterocycles. The maximum atomic E-state index is 5.25. The summed E-state index contributed by atoms with van der Waals surface area (Å²) in [6.45, 7) is 2.13. The second-order valence-corrected chi connectivity index (χ2v) is 7.38. The van der Waals surface area contributed by atoms with Crippen molar-refractivity contribution in [3.63, 3.8) is 0 Å². The number of aromatic nitrogens is 1. The Balaban J connectivity index is 2.27. The van der Waals surface area contributed by atoms with Crippen molar-refractivity contribution in [2.24, 2.45) is 0 Å².